The van der Waals surface area contributed by atoms with Gasteiger partial charge in [-0.25, -0.2) is 4.79 Å². The molecule has 1 aliphatic rings. The van der Waals surface area contributed by atoms with E-state index < -0.39 is 0 Å². The molecule has 0 spiro atoms. The van der Waals surface area contributed by atoms with Gasteiger partial charge in [-0.15, -0.1) is 0 Å². The average molecular weight is 333 g/mol. The first-order chi connectivity index (χ1) is 11.7. The van der Waals surface area contributed by atoms with E-state index in [-0.39, 0.29) is 24.6 Å². The number of nitrogens with one attached hydrogen (secondary N) is 3. The first-order valence-electron chi connectivity index (χ1n) is 8.74. The number of rotatable bonds is 6. The smallest absolute Gasteiger partial charge is 0.319 e. The van der Waals surface area contributed by atoms with Crippen LogP contribution in [0.2, 0.25) is 0 Å². The number of ether oxygens (including phenoxy) is 1. The standard InChI is InChI=1S/C18H27N3O3/c1-2-19-17(22)13-24-16-11-7-10-15(12-16)21-18(23)20-14-8-5-3-4-6-9-14/h7,10-12,14H,2-6,8-9,13H2,1H3,(H,19,22)(H2,20,21,23). The Bertz CT molecular complexity index is 540. The molecule has 0 radical (unpaired) electrons. The van der Waals surface area contributed by atoms with Crippen LogP contribution in [0.1, 0.15) is 45.4 Å². The lowest BCUT2D eigenvalue weighted by Gasteiger charge is -2.17. The number of carbonyl (C=O) groups excluding carboxylic acids is 2. The summed E-state index contributed by atoms with van der Waals surface area (Å²) in [4.78, 5) is 23.5. The third kappa shape index (κ3) is 6.48. The maximum Gasteiger partial charge on any atom is 0.319 e. The SMILES string of the molecule is CCNC(=O)COc1cccc(NC(=O)NC2CCCCCC2)c1. The summed E-state index contributed by atoms with van der Waals surface area (Å²) in [6, 6.07) is 7.12. The number of benzene rings is 1. The van der Waals surface area contributed by atoms with Gasteiger partial charge in [0.25, 0.3) is 5.91 Å². The molecule has 6 nitrogen and oxygen atoms in total. The van der Waals surface area contributed by atoms with E-state index in [0.29, 0.717) is 18.0 Å². The van der Waals surface area contributed by atoms with Crippen LogP contribution < -0.4 is 20.7 Å². The van der Waals surface area contributed by atoms with E-state index in [1.807, 2.05) is 6.92 Å². The zero-order chi connectivity index (χ0) is 17.2. The zero-order valence-corrected chi connectivity index (χ0v) is 14.3. The van der Waals surface area contributed by atoms with Gasteiger partial charge in [0.1, 0.15) is 5.75 Å². The molecular weight excluding hydrogens is 306 g/mol. The number of hydrogen-bond donors (Lipinski definition) is 3. The van der Waals surface area contributed by atoms with Crippen LogP contribution in [0.4, 0.5) is 10.5 Å². The molecular formula is C18H27N3O3. The van der Waals surface area contributed by atoms with Crippen molar-refractivity contribution in [2.45, 2.75) is 51.5 Å². The molecule has 0 bridgehead atoms. The van der Waals surface area contributed by atoms with E-state index in [1.54, 1.807) is 24.3 Å². The summed E-state index contributed by atoms with van der Waals surface area (Å²) in [6.45, 7) is 2.39. The zero-order valence-electron chi connectivity index (χ0n) is 14.3. The first-order valence-corrected chi connectivity index (χ1v) is 8.74. The third-order valence-electron chi connectivity index (χ3n) is 4.03. The van der Waals surface area contributed by atoms with Crippen molar-refractivity contribution in [1.29, 1.82) is 0 Å². The predicted molar refractivity (Wildman–Crippen MR) is 94.3 cm³/mol. The maximum atomic E-state index is 12.1. The fourth-order valence-electron chi connectivity index (χ4n) is 2.84. The number of hydrogen-bond acceptors (Lipinski definition) is 3. The van der Waals surface area contributed by atoms with Crippen LogP contribution in [0.25, 0.3) is 0 Å². The Balaban J connectivity index is 1.82. The Morgan fingerprint density at radius 2 is 1.92 bits per heavy atom. The van der Waals surface area contributed by atoms with Gasteiger partial charge in [-0.3, -0.25) is 4.79 Å². The van der Waals surface area contributed by atoms with Gasteiger partial charge in [-0.05, 0) is 31.9 Å². The molecule has 3 N–H and O–H groups in total. The van der Waals surface area contributed by atoms with E-state index in [2.05, 4.69) is 16.0 Å². The minimum atomic E-state index is -0.192. The van der Waals surface area contributed by atoms with Crippen LogP contribution in [-0.4, -0.2) is 31.1 Å². The topological polar surface area (TPSA) is 79.5 Å². The van der Waals surface area contributed by atoms with Crippen LogP contribution in [-0.2, 0) is 4.79 Å². The highest BCUT2D eigenvalue weighted by atomic mass is 16.5. The van der Waals surface area contributed by atoms with E-state index in [1.165, 1.54) is 25.7 Å². The molecule has 6 heteroatoms. The van der Waals surface area contributed by atoms with Gasteiger partial charge < -0.3 is 20.7 Å². The third-order valence-corrected chi connectivity index (χ3v) is 4.03. The van der Waals surface area contributed by atoms with Crippen molar-refractivity contribution in [2.24, 2.45) is 0 Å². The monoisotopic (exact) mass is 333 g/mol. The molecule has 0 aliphatic heterocycles. The first kappa shape index (κ1) is 18.1. The van der Waals surface area contributed by atoms with Gasteiger partial charge >= 0.3 is 6.03 Å². The lowest BCUT2D eigenvalue weighted by Crippen LogP contribution is -2.37. The normalized spacial score (nSPS) is 15.2. The van der Waals surface area contributed by atoms with Crippen molar-refractivity contribution >= 4 is 17.6 Å². The Kier molecular flexibility index (Phi) is 7.39. The van der Waals surface area contributed by atoms with Crippen molar-refractivity contribution in [3.63, 3.8) is 0 Å². The second kappa shape index (κ2) is 9.80. The second-order valence-electron chi connectivity index (χ2n) is 6.06. The Labute approximate surface area is 143 Å². The average Bonchev–Trinajstić information content (AvgIpc) is 2.82. The van der Waals surface area contributed by atoms with Crippen molar-refractivity contribution in [1.82, 2.24) is 10.6 Å². The highest BCUT2D eigenvalue weighted by Crippen LogP contribution is 2.19. The minimum absolute atomic E-state index is 0.0361. The van der Waals surface area contributed by atoms with Crippen LogP contribution in [0, 0.1) is 0 Å². The van der Waals surface area contributed by atoms with Crippen LogP contribution >= 0.6 is 0 Å². The van der Waals surface area contributed by atoms with E-state index in [4.69, 9.17) is 4.74 Å². The van der Waals surface area contributed by atoms with Gasteiger partial charge in [-0.1, -0.05) is 31.7 Å². The summed E-state index contributed by atoms with van der Waals surface area (Å²) in [7, 11) is 0. The van der Waals surface area contributed by atoms with Crippen molar-refractivity contribution in [3.05, 3.63) is 24.3 Å². The number of carbonyl (C=O) groups is 2. The molecule has 3 amide bonds. The molecule has 1 aromatic rings. The van der Waals surface area contributed by atoms with Crippen molar-refractivity contribution < 1.29 is 14.3 Å². The van der Waals surface area contributed by atoms with Crippen molar-refractivity contribution in [2.75, 3.05) is 18.5 Å². The summed E-state index contributed by atoms with van der Waals surface area (Å²) in [5.74, 6) is 0.385. The molecule has 0 unspecified atom stereocenters. The largest absolute Gasteiger partial charge is 0.484 e. The molecule has 0 atom stereocenters. The summed E-state index contributed by atoms with van der Waals surface area (Å²) in [5, 5.41) is 8.54. The molecule has 0 saturated heterocycles. The Morgan fingerprint density at radius 1 is 1.17 bits per heavy atom. The number of amides is 3. The number of urea groups is 1. The van der Waals surface area contributed by atoms with Gasteiger partial charge in [0.15, 0.2) is 6.61 Å². The molecule has 132 valence electrons. The summed E-state index contributed by atoms with van der Waals surface area (Å²) >= 11 is 0. The lowest BCUT2D eigenvalue weighted by atomic mass is 10.1. The lowest BCUT2D eigenvalue weighted by molar-refractivity contribution is -0.122. The maximum absolute atomic E-state index is 12.1. The van der Waals surface area contributed by atoms with Gasteiger partial charge in [0.2, 0.25) is 0 Å². The van der Waals surface area contributed by atoms with Crippen LogP contribution in [0.3, 0.4) is 0 Å². The van der Waals surface area contributed by atoms with Crippen molar-refractivity contribution in [3.8, 4) is 5.75 Å². The number of likely N-dealkylation sites (N-methyl/N-ethyl adjacent to an activating group) is 1. The predicted octanol–water partition coefficient (Wildman–Crippen LogP) is 3.05. The summed E-state index contributed by atoms with van der Waals surface area (Å²) in [6.07, 6.45) is 6.95. The fraction of sp³-hybridized carbons (Fsp3) is 0.556. The van der Waals surface area contributed by atoms with E-state index >= 15 is 0 Å². The fourth-order valence-corrected chi connectivity index (χ4v) is 2.84. The Hall–Kier alpha value is -2.24. The van der Waals surface area contributed by atoms with Gasteiger partial charge in [0.05, 0.1) is 0 Å². The summed E-state index contributed by atoms with van der Waals surface area (Å²) in [5.41, 5.74) is 0.648. The molecule has 0 heterocycles. The van der Waals surface area contributed by atoms with E-state index in [0.717, 1.165) is 12.8 Å². The molecule has 1 aliphatic carbocycles. The molecule has 0 aromatic heterocycles. The second-order valence-corrected chi connectivity index (χ2v) is 6.06. The quantitative estimate of drug-likeness (QED) is 0.700. The van der Waals surface area contributed by atoms with Crippen LogP contribution in [0.15, 0.2) is 24.3 Å². The molecule has 1 saturated carbocycles. The van der Waals surface area contributed by atoms with E-state index in [9.17, 15) is 9.59 Å². The minimum Gasteiger partial charge on any atom is -0.484 e. The Morgan fingerprint density at radius 3 is 2.62 bits per heavy atom. The molecule has 2 rings (SSSR count). The highest BCUT2D eigenvalue weighted by Gasteiger charge is 2.14. The molecule has 24 heavy (non-hydrogen) atoms. The van der Waals surface area contributed by atoms with Gasteiger partial charge in [-0.2, -0.15) is 0 Å². The molecule has 1 fully saturated rings. The van der Waals surface area contributed by atoms with Crippen LogP contribution in [0.5, 0.6) is 5.75 Å². The molecule has 1 aromatic carbocycles. The summed E-state index contributed by atoms with van der Waals surface area (Å²) < 4.78 is 5.43. The number of anilines is 1. The van der Waals surface area contributed by atoms with Gasteiger partial charge in [0, 0.05) is 24.3 Å². The highest BCUT2D eigenvalue weighted by molar-refractivity contribution is 5.89.